The Bertz CT molecular complexity index is 793. The average molecular weight is 267 g/mol. The maximum atomic E-state index is 11.2. The van der Waals surface area contributed by atoms with Gasteiger partial charge in [0.15, 0.2) is 6.29 Å². The Kier molecular flexibility index (Phi) is 2.95. The molecule has 2 heterocycles. The van der Waals surface area contributed by atoms with Crippen molar-refractivity contribution in [2.24, 2.45) is 0 Å². The maximum absolute atomic E-state index is 11.2. The van der Waals surface area contributed by atoms with Crippen LogP contribution in [0.1, 0.15) is 16.2 Å². The molecule has 100 valence electrons. The van der Waals surface area contributed by atoms with Crippen LogP contribution < -0.4 is 4.74 Å². The number of ether oxygens (including phenoxy) is 1. The van der Waals surface area contributed by atoms with Gasteiger partial charge in [-0.25, -0.2) is 9.97 Å². The minimum absolute atomic E-state index is 0.543. The largest absolute Gasteiger partial charge is 0.496 e. The van der Waals surface area contributed by atoms with Crippen molar-refractivity contribution in [1.82, 2.24) is 15.0 Å². The Hall–Kier alpha value is -2.69. The van der Waals surface area contributed by atoms with E-state index in [0.29, 0.717) is 28.5 Å². The van der Waals surface area contributed by atoms with Gasteiger partial charge in [-0.15, -0.1) is 0 Å². The molecule has 0 spiro atoms. The molecular weight excluding hydrogens is 254 g/mol. The standard InChI is InChI=1S/C15H13N3O2/c1-9-17-14(11-5-3-4-6-12(11)20-2)13-10(8-19)7-16-15(13)18-9/h3-8H,1-2H3,(H,16,17,18). The second-order valence-corrected chi connectivity index (χ2v) is 4.41. The molecule has 1 N–H and O–H groups in total. The van der Waals surface area contributed by atoms with Gasteiger partial charge < -0.3 is 9.72 Å². The summed E-state index contributed by atoms with van der Waals surface area (Å²) in [5, 5.41) is 0.718. The van der Waals surface area contributed by atoms with Crippen LogP contribution in [0.2, 0.25) is 0 Å². The van der Waals surface area contributed by atoms with Gasteiger partial charge in [-0.3, -0.25) is 4.79 Å². The van der Waals surface area contributed by atoms with Crippen molar-refractivity contribution < 1.29 is 9.53 Å². The minimum Gasteiger partial charge on any atom is -0.496 e. The molecule has 0 saturated heterocycles. The molecule has 5 heteroatoms. The SMILES string of the molecule is COc1ccccc1-c1nc(C)nc2[nH]cc(C=O)c12. The van der Waals surface area contributed by atoms with Crippen LogP contribution in [-0.4, -0.2) is 28.3 Å². The van der Waals surface area contributed by atoms with Crippen LogP contribution in [0, 0.1) is 6.92 Å². The molecule has 0 fully saturated rings. The normalized spacial score (nSPS) is 10.7. The van der Waals surface area contributed by atoms with E-state index in [9.17, 15) is 4.79 Å². The molecule has 0 aliphatic carbocycles. The molecule has 0 bridgehead atoms. The van der Waals surface area contributed by atoms with Gasteiger partial charge in [0.25, 0.3) is 0 Å². The predicted octanol–water partition coefficient (Wildman–Crippen LogP) is 2.75. The molecule has 3 aromatic rings. The van der Waals surface area contributed by atoms with Gasteiger partial charge in [-0.05, 0) is 19.1 Å². The third-order valence-electron chi connectivity index (χ3n) is 3.16. The van der Waals surface area contributed by atoms with E-state index in [0.717, 1.165) is 17.2 Å². The monoisotopic (exact) mass is 267 g/mol. The second-order valence-electron chi connectivity index (χ2n) is 4.41. The first kappa shape index (κ1) is 12.3. The highest BCUT2D eigenvalue weighted by atomic mass is 16.5. The molecule has 0 saturated carbocycles. The van der Waals surface area contributed by atoms with Crippen molar-refractivity contribution in [3.8, 4) is 17.0 Å². The van der Waals surface area contributed by atoms with Gasteiger partial charge in [0.1, 0.15) is 17.2 Å². The molecule has 0 atom stereocenters. The molecule has 0 unspecified atom stereocenters. The fourth-order valence-corrected chi connectivity index (χ4v) is 2.30. The van der Waals surface area contributed by atoms with Gasteiger partial charge in [-0.2, -0.15) is 0 Å². The van der Waals surface area contributed by atoms with Crippen LogP contribution in [0.4, 0.5) is 0 Å². The number of hydrogen-bond acceptors (Lipinski definition) is 4. The number of carbonyl (C=O) groups is 1. The van der Waals surface area contributed by atoms with E-state index < -0.39 is 0 Å². The van der Waals surface area contributed by atoms with Crippen molar-refractivity contribution in [1.29, 1.82) is 0 Å². The van der Waals surface area contributed by atoms with Gasteiger partial charge >= 0.3 is 0 Å². The second kappa shape index (κ2) is 4.77. The summed E-state index contributed by atoms with van der Waals surface area (Å²) in [5.74, 6) is 1.35. The van der Waals surface area contributed by atoms with Crippen LogP contribution >= 0.6 is 0 Å². The van der Waals surface area contributed by atoms with Crippen LogP contribution in [0.3, 0.4) is 0 Å². The summed E-state index contributed by atoms with van der Waals surface area (Å²) in [6.45, 7) is 1.82. The van der Waals surface area contributed by atoms with Crippen molar-refractivity contribution in [3.05, 3.63) is 41.9 Å². The lowest BCUT2D eigenvalue weighted by molar-refractivity contribution is 0.112. The number of nitrogens with zero attached hydrogens (tertiary/aromatic N) is 2. The lowest BCUT2D eigenvalue weighted by atomic mass is 10.1. The summed E-state index contributed by atoms with van der Waals surface area (Å²) in [6.07, 6.45) is 2.45. The zero-order valence-corrected chi connectivity index (χ0v) is 11.2. The zero-order chi connectivity index (χ0) is 14.1. The lowest BCUT2D eigenvalue weighted by Gasteiger charge is -2.09. The quantitative estimate of drug-likeness (QED) is 0.741. The van der Waals surface area contributed by atoms with E-state index in [-0.39, 0.29) is 0 Å². The summed E-state index contributed by atoms with van der Waals surface area (Å²) in [6, 6.07) is 7.59. The molecule has 0 radical (unpaired) electrons. The highest BCUT2D eigenvalue weighted by Gasteiger charge is 2.16. The predicted molar refractivity (Wildman–Crippen MR) is 76.0 cm³/mol. The molecule has 0 aliphatic heterocycles. The number of para-hydroxylation sites is 1. The third-order valence-corrected chi connectivity index (χ3v) is 3.16. The summed E-state index contributed by atoms with van der Waals surface area (Å²) in [7, 11) is 1.61. The van der Waals surface area contributed by atoms with Crippen molar-refractivity contribution in [3.63, 3.8) is 0 Å². The molecule has 1 aromatic carbocycles. The van der Waals surface area contributed by atoms with E-state index in [4.69, 9.17) is 4.74 Å². The van der Waals surface area contributed by atoms with Crippen LogP contribution in [-0.2, 0) is 0 Å². The summed E-state index contributed by atoms with van der Waals surface area (Å²) in [5.41, 5.74) is 2.74. The number of aromatic nitrogens is 3. The first-order chi connectivity index (χ1) is 9.74. The van der Waals surface area contributed by atoms with Crippen LogP contribution in [0.25, 0.3) is 22.3 Å². The molecule has 0 aliphatic rings. The fraction of sp³-hybridized carbons (Fsp3) is 0.133. The molecule has 0 amide bonds. The van der Waals surface area contributed by atoms with E-state index >= 15 is 0 Å². The number of aryl methyl sites for hydroxylation is 1. The van der Waals surface area contributed by atoms with Crippen molar-refractivity contribution in [2.45, 2.75) is 6.92 Å². The number of methoxy groups -OCH3 is 1. The first-order valence-corrected chi connectivity index (χ1v) is 6.19. The number of hydrogen-bond donors (Lipinski definition) is 1. The topological polar surface area (TPSA) is 67.9 Å². The first-order valence-electron chi connectivity index (χ1n) is 6.19. The van der Waals surface area contributed by atoms with E-state index in [1.165, 1.54) is 0 Å². The minimum atomic E-state index is 0.543. The molecule has 3 rings (SSSR count). The smallest absolute Gasteiger partial charge is 0.152 e. The van der Waals surface area contributed by atoms with Gasteiger partial charge in [0.2, 0.25) is 0 Å². The Morgan fingerprint density at radius 3 is 2.80 bits per heavy atom. The summed E-state index contributed by atoms with van der Waals surface area (Å²) < 4.78 is 5.38. The summed E-state index contributed by atoms with van der Waals surface area (Å²) in [4.78, 5) is 23.0. The number of fused-ring (bicyclic) bond motifs is 1. The molecule has 20 heavy (non-hydrogen) atoms. The number of benzene rings is 1. The Morgan fingerprint density at radius 1 is 1.25 bits per heavy atom. The lowest BCUT2D eigenvalue weighted by Crippen LogP contribution is -1.96. The van der Waals surface area contributed by atoms with Gasteiger partial charge in [0, 0.05) is 17.3 Å². The van der Waals surface area contributed by atoms with Gasteiger partial charge in [0.05, 0.1) is 18.2 Å². The van der Waals surface area contributed by atoms with Crippen molar-refractivity contribution >= 4 is 17.3 Å². The molecule has 5 nitrogen and oxygen atoms in total. The third kappa shape index (κ3) is 1.84. The van der Waals surface area contributed by atoms with Gasteiger partial charge in [-0.1, -0.05) is 12.1 Å². The highest BCUT2D eigenvalue weighted by Crippen LogP contribution is 2.34. The molecule has 2 aromatic heterocycles. The van der Waals surface area contributed by atoms with E-state index in [1.807, 2.05) is 31.2 Å². The number of H-pyrrole nitrogens is 1. The van der Waals surface area contributed by atoms with Crippen LogP contribution in [0.15, 0.2) is 30.5 Å². The number of carbonyl (C=O) groups excluding carboxylic acids is 1. The fourth-order valence-electron chi connectivity index (χ4n) is 2.30. The average Bonchev–Trinajstić information content (AvgIpc) is 2.89. The number of aromatic amines is 1. The number of aldehydes is 1. The Balaban J connectivity index is 2.40. The van der Waals surface area contributed by atoms with Crippen molar-refractivity contribution in [2.75, 3.05) is 7.11 Å². The van der Waals surface area contributed by atoms with Crippen LogP contribution in [0.5, 0.6) is 5.75 Å². The van der Waals surface area contributed by atoms with E-state index in [2.05, 4.69) is 15.0 Å². The highest BCUT2D eigenvalue weighted by molar-refractivity contribution is 6.03. The molecular formula is C15H13N3O2. The Labute approximate surface area is 115 Å². The number of rotatable bonds is 3. The zero-order valence-electron chi connectivity index (χ0n) is 11.2. The maximum Gasteiger partial charge on any atom is 0.152 e. The van der Waals surface area contributed by atoms with E-state index in [1.54, 1.807) is 13.3 Å². The summed E-state index contributed by atoms with van der Waals surface area (Å²) >= 11 is 0. The number of nitrogens with one attached hydrogen (secondary N) is 1. The Morgan fingerprint density at radius 2 is 2.05 bits per heavy atom.